The van der Waals surface area contributed by atoms with Gasteiger partial charge in [0.25, 0.3) is 5.91 Å². The van der Waals surface area contributed by atoms with Crippen LogP contribution in [-0.2, 0) is 25.8 Å². The minimum absolute atomic E-state index is 0.0638. The molecule has 2 N–H and O–H groups in total. The molecule has 1 saturated heterocycles. The first-order chi connectivity index (χ1) is 14.6. The van der Waals surface area contributed by atoms with Crippen LogP contribution in [0, 0.1) is 0 Å². The molecule has 2 rings (SSSR count). The van der Waals surface area contributed by atoms with Gasteiger partial charge in [0.2, 0.25) is 10.0 Å². The summed E-state index contributed by atoms with van der Waals surface area (Å²) in [5.41, 5.74) is -0.426. The van der Waals surface area contributed by atoms with Gasteiger partial charge in [0.15, 0.2) is 6.61 Å². The van der Waals surface area contributed by atoms with Crippen LogP contribution in [0.25, 0.3) is 0 Å². The Morgan fingerprint density at radius 1 is 1.26 bits per heavy atom. The zero-order valence-corrected chi connectivity index (χ0v) is 18.1. The van der Waals surface area contributed by atoms with E-state index in [0.29, 0.717) is 18.4 Å². The van der Waals surface area contributed by atoms with E-state index in [1.807, 2.05) is 0 Å². The van der Waals surface area contributed by atoms with Gasteiger partial charge in [0, 0.05) is 25.9 Å². The molecule has 1 aromatic rings. The number of nitrogens with zero attached hydrogens (tertiary/aromatic N) is 2. The second-order valence-corrected chi connectivity index (χ2v) is 8.93. The summed E-state index contributed by atoms with van der Waals surface area (Å²) in [6, 6.07) is 3.68. The van der Waals surface area contributed by atoms with E-state index in [2.05, 4.69) is 22.7 Å². The predicted molar refractivity (Wildman–Crippen MR) is 109 cm³/mol. The fourth-order valence-corrected chi connectivity index (χ4v) is 4.33. The van der Waals surface area contributed by atoms with Crippen molar-refractivity contribution in [2.75, 3.05) is 32.9 Å². The maximum atomic E-state index is 12.9. The van der Waals surface area contributed by atoms with Crippen LogP contribution in [0.3, 0.4) is 0 Å². The fourth-order valence-electron chi connectivity index (χ4n) is 2.84. The Kier molecular flexibility index (Phi) is 9.26. The number of amides is 1. The summed E-state index contributed by atoms with van der Waals surface area (Å²) in [5.74, 6) is -0.335. The number of carbonyl (C=O) groups excluding carboxylic acids is 1. The monoisotopic (exact) mass is 464 g/mol. The number of hydrogen-bond donors (Lipinski definition) is 2. The number of sulfonamides is 1. The van der Waals surface area contributed by atoms with Crippen molar-refractivity contribution in [3.63, 3.8) is 0 Å². The van der Waals surface area contributed by atoms with Gasteiger partial charge in [0.1, 0.15) is 0 Å². The van der Waals surface area contributed by atoms with Gasteiger partial charge in [-0.25, -0.2) is 8.42 Å². The highest BCUT2D eigenvalue weighted by molar-refractivity contribution is 7.89. The molecule has 0 radical (unpaired) electrons. The van der Waals surface area contributed by atoms with Gasteiger partial charge in [-0.2, -0.15) is 17.5 Å². The normalized spacial score (nSPS) is 15.5. The predicted octanol–water partition coefficient (Wildman–Crippen LogP) is 2.33. The number of unbranched alkanes of at least 4 members (excludes halogenated alkanes) is 1. The standard InChI is InChI=1S/C19H27F3N4O4S/c1-2-3-9-23-14-24-18(27)13-30-25-16-7-10-26(11-8-16)31(28,29)17-6-4-5-15(12-17)19(20,21)22/h4-6,12,23H,2-3,7-11,13-14H2,1H3,(H,24,27). The fraction of sp³-hybridized carbons (Fsp3) is 0.579. The average molecular weight is 465 g/mol. The number of alkyl halides is 3. The van der Waals surface area contributed by atoms with Gasteiger partial charge in [-0.15, -0.1) is 0 Å². The van der Waals surface area contributed by atoms with E-state index in [1.165, 1.54) is 0 Å². The van der Waals surface area contributed by atoms with Crippen LogP contribution in [0.1, 0.15) is 38.2 Å². The number of benzene rings is 1. The molecular formula is C19H27F3N4O4S. The Morgan fingerprint density at radius 2 is 1.97 bits per heavy atom. The molecular weight excluding hydrogens is 437 g/mol. The van der Waals surface area contributed by atoms with Gasteiger partial charge >= 0.3 is 6.18 Å². The molecule has 1 fully saturated rings. The van der Waals surface area contributed by atoms with Crippen molar-refractivity contribution in [1.82, 2.24) is 14.9 Å². The lowest BCUT2D eigenvalue weighted by atomic mass is 10.1. The van der Waals surface area contributed by atoms with Gasteiger partial charge in [0.05, 0.1) is 22.8 Å². The molecule has 12 heteroatoms. The van der Waals surface area contributed by atoms with Crippen LogP contribution < -0.4 is 10.6 Å². The Bertz CT molecular complexity index is 865. The lowest BCUT2D eigenvalue weighted by Crippen LogP contribution is -2.39. The summed E-state index contributed by atoms with van der Waals surface area (Å²) in [7, 11) is -4.05. The molecule has 1 aliphatic heterocycles. The first-order valence-corrected chi connectivity index (χ1v) is 11.4. The Labute approximate surface area is 179 Å². The highest BCUT2D eigenvalue weighted by Crippen LogP contribution is 2.31. The van der Waals surface area contributed by atoms with Crippen molar-refractivity contribution < 1.29 is 31.2 Å². The SMILES string of the molecule is CCCCNCNC(=O)CON=C1CCN(S(=O)(=O)c2cccc(C(F)(F)F)c2)CC1. The molecule has 1 aliphatic rings. The largest absolute Gasteiger partial charge is 0.416 e. The number of rotatable bonds is 10. The molecule has 174 valence electrons. The zero-order chi connectivity index (χ0) is 22.9. The quantitative estimate of drug-likeness (QED) is 0.315. The van der Waals surface area contributed by atoms with E-state index in [1.54, 1.807) is 0 Å². The first-order valence-electron chi connectivity index (χ1n) is 9.97. The second-order valence-electron chi connectivity index (χ2n) is 6.99. The minimum Gasteiger partial charge on any atom is -0.386 e. The number of oxime groups is 1. The molecule has 1 heterocycles. The molecule has 0 bridgehead atoms. The summed E-state index contributed by atoms with van der Waals surface area (Å²) in [6.45, 7) is 3.08. The Balaban J connectivity index is 1.82. The van der Waals surface area contributed by atoms with Crippen molar-refractivity contribution in [3.8, 4) is 0 Å². The molecule has 0 spiro atoms. The molecule has 31 heavy (non-hydrogen) atoms. The van der Waals surface area contributed by atoms with E-state index >= 15 is 0 Å². The van der Waals surface area contributed by atoms with Gasteiger partial charge in [-0.3, -0.25) is 10.1 Å². The molecule has 1 aromatic carbocycles. The highest BCUT2D eigenvalue weighted by Gasteiger charge is 2.33. The molecule has 1 amide bonds. The lowest BCUT2D eigenvalue weighted by Gasteiger charge is -2.26. The lowest BCUT2D eigenvalue weighted by molar-refractivity contribution is -0.137. The van der Waals surface area contributed by atoms with Crippen LogP contribution in [-0.4, -0.2) is 57.3 Å². The number of nitrogens with one attached hydrogen (secondary N) is 2. The van der Waals surface area contributed by atoms with Crippen molar-refractivity contribution in [2.24, 2.45) is 5.16 Å². The molecule has 0 aromatic heterocycles. The first kappa shape index (κ1) is 25.1. The summed E-state index contributed by atoms with van der Waals surface area (Å²) in [5, 5.41) is 9.56. The third-order valence-corrected chi connectivity index (χ3v) is 6.50. The van der Waals surface area contributed by atoms with Crippen molar-refractivity contribution in [3.05, 3.63) is 29.8 Å². The summed E-state index contributed by atoms with van der Waals surface area (Å²) in [6.07, 6.45) is -2.03. The van der Waals surface area contributed by atoms with E-state index in [0.717, 1.165) is 41.9 Å². The van der Waals surface area contributed by atoms with Crippen molar-refractivity contribution in [1.29, 1.82) is 0 Å². The minimum atomic E-state index is -4.62. The summed E-state index contributed by atoms with van der Waals surface area (Å²) in [4.78, 5) is 16.3. The topological polar surface area (TPSA) is 100 Å². The molecule has 0 saturated carbocycles. The van der Waals surface area contributed by atoms with E-state index in [4.69, 9.17) is 4.84 Å². The number of hydrogen-bond acceptors (Lipinski definition) is 6. The maximum Gasteiger partial charge on any atom is 0.416 e. The van der Waals surface area contributed by atoms with Gasteiger partial charge < -0.3 is 10.2 Å². The molecule has 0 unspecified atom stereocenters. The van der Waals surface area contributed by atoms with E-state index in [9.17, 15) is 26.4 Å². The Hall–Kier alpha value is -2.18. The van der Waals surface area contributed by atoms with Crippen LogP contribution in [0.4, 0.5) is 13.2 Å². The molecule has 8 nitrogen and oxygen atoms in total. The molecule has 0 aliphatic carbocycles. The smallest absolute Gasteiger partial charge is 0.386 e. The van der Waals surface area contributed by atoms with E-state index in [-0.39, 0.29) is 38.4 Å². The van der Waals surface area contributed by atoms with Crippen molar-refractivity contribution >= 4 is 21.6 Å². The Morgan fingerprint density at radius 3 is 2.61 bits per heavy atom. The van der Waals surface area contributed by atoms with Crippen molar-refractivity contribution in [2.45, 2.75) is 43.7 Å². The number of halogens is 3. The van der Waals surface area contributed by atoms with E-state index < -0.39 is 26.7 Å². The van der Waals surface area contributed by atoms with Crippen LogP contribution >= 0.6 is 0 Å². The second kappa shape index (κ2) is 11.4. The maximum absolute atomic E-state index is 12.9. The highest BCUT2D eigenvalue weighted by atomic mass is 32.2. The number of carbonyl (C=O) groups is 1. The van der Waals surface area contributed by atoms with Crippen LogP contribution in [0.15, 0.2) is 34.3 Å². The third-order valence-electron chi connectivity index (χ3n) is 4.61. The zero-order valence-electron chi connectivity index (χ0n) is 17.2. The van der Waals surface area contributed by atoms with Crippen LogP contribution in [0.5, 0.6) is 0 Å². The van der Waals surface area contributed by atoms with Gasteiger partial charge in [-0.05, 0) is 31.2 Å². The average Bonchev–Trinajstić information content (AvgIpc) is 2.73. The molecule has 0 atom stereocenters. The van der Waals surface area contributed by atoms with Crippen LogP contribution in [0.2, 0.25) is 0 Å². The van der Waals surface area contributed by atoms with Gasteiger partial charge in [-0.1, -0.05) is 24.6 Å². The third kappa shape index (κ3) is 7.78. The summed E-state index contributed by atoms with van der Waals surface area (Å²) >= 11 is 0. The summed E-state index contributed by atoms with van der Waals surface area (Å²) < 4.78 is 65.1. The number of piperidine rings is 1.